The summed E-state index contributed by atoms with van der Waals surface area (Å²) in [5.41, 5.74) is 0.676. The van der Waals surface area contributed by atoms with Crippen LogP contribution in [0.3, 0.4) is 0 Å². The Bertz CT molecular complexity index is 87.0. The van der Waals surface area contributed by atoms with Gasteiger partial charge in [0.25, 0.3) is 0 Å². The van der Waals surface area contributed by atoms with Crippen molar-refractivity contribution in [3.05, 3.63) is 0 Å². The Balaban J connectivity index is 0. The van der Waals surface area contributed by atoms with E-state index in [9.17, 15) is 0 Å². The first-order valence-corrected chi connectivity index (χ1v) is 5.74. The molecule has 77 valence electrons. The fraction of sp³-hybridized carbons (Fsp3) is 1.00. The first kappa shape index (κ1) is 16.0. The predicted molar refractivity (Wildman–Crippen MR) is 63.2 cm³/mol. The summed E-state index contributed by atoms with van der Waals surface area (Å²) in [6, 6.07) is 0. The number of hydrogen-bond donors (Lipinski definition) is 0. The summed E-state index contributed by atoms with van der Waals surface area (Å²) in [5, 5.41) is 0. The Hall–Kier alpha value is 0.532. The molecule has 0 aliphatic heterocycles. The van der Waals surface area contributed by atoms with E-state index >= 15 is 0 Å². The summed E-state index contributed by atoms with van der Waals surface area (Å²) in [7, 11) is 0. The third kappa shape index (κ3) is 5.76. The van der Waals surface area contributed by atoms with Gasteiger partial charge in [-0.2, -0.15) is 0 Å². The van der Waals surface area contributed by atoms with E-state index in [0.717, 1.165) is 0 Å². The lowest BCUT2D eigenvalue weighted by atomic mass is 9.76. The zero-order valence-corrected chi connectivity index (χ0v) is 11.2. The number of rotatable bonds is 7. The van der Waals surface area contributed by atoms with Crippen molar-refractivity contribution in [2.75, 3.05) is 0 Å². The Morgan fingerprint density at radius 2 is 1.23 bits per heavy atom. The molecule has 0 atom stereocenters. The normalized spacial score (nSPS) is 11.1. The van der Waals surface area contributed by atoms with Gasteiger partial charge in [-0.25, -0.2) is 0 Å². The molecule has 0 bridgehead atoms. The minimum absolute atomic E-state index is 0. The van der Waals surface area contributed by atoms with Crippen LogP contribution in [0, 0.1) is 5.41 Å². The van der Waals surface area contributed by atoms with Crippen LogP contribution in [0.25, 0.3) is 0 Å². The van der Waals surface area contributed by atoms with E-state index in [0.29, 0.717) is 5.41 Å². The molecule has 0 spiro atoms. The van der Waals surface area contributed by atoms with Crippen LogP contribution < -0.4 is 0 Å². The Morgan fingerprint density at radius 3 is 1.54 bits per heavy atom. The molecule has 0 heterocycles. The van der Waals surface area contributed by atoms with Crippen molar-refractivity contribution < 1.29 is 0 Å². The van der Waals surface area contributed by atoms with Gasteiger partial charge in [-0.1, -0.05) is 66.2 Å². The second-order valence-electron chi connectivity index (χ2n) is 4.02. The van der Waals surface area contributed by atoms with Crippen LogP contribution in [0.4, 0.5) is 0 Å². The molecule has 0 saturated carbocycles. The molecule has 0 saturated heterocycles. The molecule has 0 N–H and O–H groups in total. The highest BCUT2D eigenvalue weighted by atomic mass is 27.0. The van der Waals surface area contributed by atoms with E-state index in [2.05, 4.69) is 27.7 Å². The van der Waals surface area contributed by atoms with E-state index in [4.69, 9.17) is 0 Å². The van der Waals surface area contributed by atoms with Crippen LogP contribution in [0.2, 0.25) is 0 Å². The van der Waals surface area contributed by atoms with E-state index < -0.39 is 0 Å². The largest absolute Gasteiger partial charge is 0.0654 e. The highest BCUT2D eigenvalue weighted by Gasteiger charge is 2.22. The Kier molecular flexibility index (Phi) is 11.2. The molecule has 0 aliphatic rings. The maximum atomic E-state index is 2.35. The molecule has 0 aromatic heterocycles. The quantitative estimate of drug-likeness (QED) is 0.419. The highest BCUT2D eigenvalue weighted by Crippen LogP contribution is 2.35. The zero-order chi connectivity index (χ0) is 9.45. The molecule has 0 nitrogen and oxygen atoms in total. The van der Waals surface area contributed by atoms with E-state index in [1.807, 2.05) is 0 Å². The molecule has 0 unspecified atom stereocenters. The fourth-order valence-electron chi connectivity index (χ4n) is 2.03. The standard InChI is InChI=1S/C12H26.Al/c1-5-9-10-11-12(6-2,7-3)8-4;/h5-11H2,1-4H3;. The van der Waals surface area contributed by atoms with Crippen LogP contribution in [-0.4, -0.2) is 17.4 Å². The molecule has 0 rings (SSSR count). The lowest BCUT2D eigenvalue weighted by Crippen LogP contribution is -2.17. The molecular weight excluding hydrogens is 171 g/mol. The maximum absolute atomic E-state index is 2.35. The van der Waals surface area contributed by atoms with Crippen LogP contribution in [0.5, 0.6) is 0 Å². The smallest absolute Gasteiger partial charge is 0 e. The SMILES string of the molecule is CCCCCC(CC)(CC)CC.[Al]. The van der Waals surface area contributed by atoms with Gasteiger partial charge in [-0.15, -0.1) is 0 Å². The van der Waals surface area contributed by atoms with Gasteiger partial charge < -0.3 is 0 Å². The van der Waals surface area contributed by atoms with E-state index in [-0.39, 0.29) is 17.4 Å². The minimum Gasteiger partial charge on any atom is -0.0654 e. The highest BCUT2D eigenvalue weighted by molar-refractivity contribution is 5.75. The molecular formula is C12H26Al. The average molecular weight is 197 g/mol. The van der Waals surface area contributed by atoms with Gasteiger partial charge in [0.15, 0.2) is 0 Å². The van der Waals surface area contributed by atoms with Crippen LogP contribution in [0.15, 0.2) is 0 Å². The summed E-state index contributed by atoms with van der Waals surface area (Å²) >= 11 is 0. The molecule has 0 aromatic carbocycles. The molecule has 13 heavy (non-hydrogen) atoms. The first-order valence-electron chi connectivity index (χ1n) is 5.74. The molecule has 0 aliphatic carbocycles. The molecule has 0 amide bonds. The minimum atomic E-state index is 0. The lowest BCUT2D eigenvalue weighted by Gasteiger charge is -2.30. The molecule has 0 aromatic rings. The van der Waals surface area contributed by atoms with Crippen LogP contribution >= 0.6 is 0 Å². The third-order valence-corrected chi connectivity index (χ3v) is 3.56. The van der Waals surface area contributed by atoms with Gasteiger partial charge in [-0.05, 0) is 11.8 Å². The van der Waals surface area contributed by atoms with Gasteiger partial charge in [0, 0.05) is 17.4 Å². The Morgan fingerprint density at radius 1 is 0.769 bits per heavy atom. The van der Waals surface area contributed by atoms with Crippen molar-refractivity contribution in [1.29, 1.82) is 0 Å². The second-order valence-corrected chi connectivity index (χ2v) is 4.02. The summed E-state index contributed by atoms with van der Waals surface area (Å²) in [4.78, 5) is 0. The van der Waals surface area contributed by atoms with Crippen molar-refractivity contribution >= 4 is 17.4 Å². The maximum Gasteiger partial charge on any atom is 0 e. The summed E-state index contributed by atoms with van der Waals surface area (Å²) < 4.78 is 0. The summed E-state index contributed by atoms with van der Waals surface area (Å²) in [6.45, 7) is 9.32. The van der Waals surface area contributed by atoms with E-state index in [1.165, 1.54) is 44.9 Å². The zero-order valence-electron chi connectivity index (χ0n) is 10.0. The van der Waals surface area contributed by atoms with Crippen molar-refractivity contribution in [3.63, 3.8) is 0 Å². The predicted octanol–water partition coefficient (Wildman–Crippen LogP) is 4.40. The number of unbranched alkanes of at least 4 members (excludes halogenated alkanes) is 2. The van der Waals surface area contributed by atoms with Gasteiger partial charge >= 0.3 is 0 Å². The number of hydrogen-bond acceptors (Lipinski definition) is 0. The van der Waals surface area contributed by atoms with E-state index in [1.54, 1.807) is 0 Å². The third-order valence-electron chi connectivity index (χ3n) is 3.56. The monoisotopic (exact) mass is 197 g/mol. The average Bonchev–Trinajstić information content (AvgIpc) is 2.14. The fourth-order valence-corrected chi connectivity index (χ4v) is 2.03. The van der Waals surface area contributed by atoms with Crippen molar-refractivity contribution in [2.45, 2.75) is 72.6 Å². The lowest BCUT2D eigenvalue weighted by molar-refractivity contribution is 0.220. The topological polar surface area (TPSA) is 0 Å². The molecule has 0 fully saturated rings. The van der Waals surface area contributed by atoms with Crippen LogP contribution in [0.1, 0.15) is 72.6 Å². The van der Waals surface area contributed by atoms with Crippen molar-refractivity contribution in [3.8, 4) is 0 Å². The van der Waals surface area contributed by atoms with Crippen molar-refractivity contribution in [2.24, 2.45) is 5.41 Å². The van der Waals surface area contributed by atoms with Gasteiger partial charge in [0.2, 0.25) is 0 Å². The summed E-state index contributed by atoms with van der Waals surface area (Å²) in [6.07, 6.45) is 9.75. The van der Waals surface area contributed by atoms with Gasteiger partial charge in [0.1, 0.15) is 0 Å². The second kappa shape index (κ2) is 9.10. The molecule has 1 heteroatoms. The molecule has 3 radical (unpaired) electrons. The van der Waals surface area contributed by atoms with Gasteiger partial charge in [-0.3, -0.25) is 0 Å². The van der Waals surface area contributed by atoms with Crippen LogP contribution in [-0.2, 0) is 0 Å². The summed E-state index contributed by atoms with van der Waals surface area (Å²) in [5.74, 6) is 0. The Labute approximate surface area is 95.6 Å². The van der Waals surface area contributed by atoms with Gasteiger partial charge in [0.05, 0.1) is 0 Å². The van der Waals surface area contributed by atoms with Crippen molar-refractivity contribution in [1.82, 2.24) is 0 Å². The first-order chi connectivity index (χ1) is 5.74.